The first kappa shape index (κ1) is 7.22. The van der Waals surface area contributed by atoms with Gasteiger partial charge in [-0.3, -0.25) is 0 Å². The normalized spacial score (nSPS) is 40.3. The van der Waals surface area contributed by atoms with Crippen molar-refractivity contribution in [1.82, 2.24) is 0 Å². The van der Waals surface area contributed by atoms with E-state index in [2.05, 4.69) is 18.8 Å². The van der Waals surface area contributed by atoms with Crippen molar-refractivity contribution in [1.29, 1.82) is 0 Å². The minimum absolute atomic E-state index is 0.809. The van der Waals surface area contributed by atoms with E-state index in [1.807, 2.05) is 0 Å². The molecule has 2 bridgehead atoms. The molecule has 0 radical (unpaired) electrons. The average Bonchev–Trinajstić information content (AvgIpc) is 2.06. The van der Waals surface area contributed by atoms with E-state index < -0.39 is 0 Å². The van der Waals surface area contributed by atoms with Crippen LogP contribution in [0.5, 0.6) is 0 Å². The Labute approximate surface area is 69.4 Å². The molecule has 3 fully saturated rings. The second-order valence-electron chi connectivity index (χ2n) is 3.89. The Bertz CT molecular complexity index is 180. The Kier molecular flexibility index (Phi) is 1.90. The van der Waals surface area contributed by atoms with E-state index in [1.54, 1.807) is 0 Å². The van der Waals surface area contributed by atoms with Gasteiger partial charge in [-0.25, -0.2) is 0 Å². The number of rotatable bonds is 0. The van der Waals surface area contributed by atoms with Gasteiger partial charge in [0.25, 0.3) is 0 Å². The van der Waals surface area contributed by atoms with Gasteiger partial charge in [-0.15, -0.1) is 5.92 Å². The third kappa shape index (κ3) is 1.18. The van der Waals surface area contributed by atoms with Gasteiger partial charge in [0.05, 0.1) is 0 Å². The third-order valence-electron chi connectivity index (χ3n) is 3.22. The highest BCUT2D eigenvalue weighted by Gasteiger charge is 2.42. The van der Waals surface area contributed by atoms with Gasteiger partial charge in [0.2, 0.25) is 0 Å². The SMILES string of the molecule is CCC#CC1C2CCCC1C2. The average molecular weight is 148 g/mol. The van der Waals surface area contributed by atoms with Crippen molar-refractivity contribution in [2.75, 3.05) is 0 Å². The van der Waals surface area contributed by atoms with Crippen molar-refractivity contribution in [3.8, 4) is 11.8 Å². The monoisotopic (exact) mass is 148 g/mol. The van der Waals surface area contributed by atoms with E-state index >= 15 is 0 Å². The number of fused-ring (bicyclic) bond motifs is 2. The van der Waals surface area contributed by atoms with Gasteiger partial charge in [-0.05, 0) is 31.1 Å². The zero-order valence-electron chi connectivity index (χ0n) is 7.27. The number of hydrogen-bond acceptors (Lipinski definition) is 0. The van der Waals surface area contributed by atoms with E-state index in [0.29, 0.717) is 0 Å². The lowest BCUT2D eigenvalue weighted by molar-refractivity contribution is 0.0565. The van der Waals surface area contributed by atoms with Crippen molar-refractivity contribution in [2.24, 2.45) is 17.8 Å². The van der Waals surface area contributed by atoms with Crippen LogP contribution in [0.1, 0.15) is 39.0 Å². The van der Waals surface area contributed by atoms with Crippen LogP contribution in [0.2, 0.25) is 0 Å². The van der Waals surface area contributed by atoms with Gasteiger partial charge < -0.3 is 0 Å². The molecule has 0 aromatic rings. The first-order chi connectivity index (χ1) is 5.42. The molecule has 2 atom stereocenters. The Hall–Kier alpha value is -0.440. The minimum atomic E-state index is 0.809. The molecule has 3 rings (SSSR count). The number of hydrogen-bond donors (Lipinski definition) is 0. The molecule has 0 aromatic heterocycles. The third-order valence-corrected chi connectivity index (χ3v) is 3.22. The molecule has 0 N–H and O–H groups in total. The lowest BCUT2D eigenvalue weighted by atomic mass is 9.57. The summed E-state index contributed by atoms with van der Waals surface area (Å²) >= 11 is 0. The summed E-state index contributed by atoms with van der Waals surface area (Å²) in [5, 5.41) is 0. The molecule has 3 saturated carbocycles. The molecule has 3 aliphatic rings. The maximum Gasteiger partial charge on any atom is 0.0259 e. The van der Waals surface area contributed by atoms with Crippen LogP contribution in [0.25, 0.3) is 0 Å². The molecule has 0 heteroatoms. The largest absolute Gasteiger partial charge is 0.103 e. The summed E-state index contributed by atoms with van der Waals surface area (Å²) in [5.74, 6) is 9.45. The molecule has 11 heavy (non-hydrogen) atoms. The van der Waals surface area contributed by atoms with Crippen molar-refractivity contribution >= 4 is 0 Å². The molecule has 0 nitrogen and oxygen atoms in total. The Morgan fingerprint density at radius 2 is 2.00 bits per heavy atom. The van der Waals surface area contributed by atoms with Crippen LogP contribution in [-0.2, 0) is 0 Å². The quantitative estimate of drug-likeness (QED) is 0.463. The molecule has 60 valence electrons. The van der Waals surface area contributed by atoms with Gasteiger partial charge in [0, 0.05) is 12.3 Å². The van der Waals surface area contributed by atoms with E-state index in [1.165, 1.54) is 25.7 Å². The van der Waals surface area contributed by atoms with Crippen molar-refractivity contribution in [3.05, 3.63) is 0 Å². The van der Waals surface area contributed by atoms with Crippen LogP contribution in [0.4, 0.5) is 0 Å². The fourth-order valence-electron chi connectivity index (χ4n) is 2.56. The van der Waals surface area contributed by atoms with E-state index in [0.717, 1.165) is 24.2 Å². The molecular formula is C11H16. The molecule has 0 saturated heterocycles. The van der Waals surface area contributed by atoms with Gasteiger partial charge >= 0.3 is 0 Å². The Balaban J connectivity index is 1.95. The standard InChI is InChI=1S/C11H16/c1-2-3-7-11-9-5-4-6-10(11)8-9/h9-11H,2,4-6,8H2,1H3. The van der Waals surface area contributed by atoms with Gasteiger partial charge in [0.1, 0.15) is 0 Å². The Morgan fingerprint density at radius 1 is 1.27 bits per heavy atom. The van der Waals surface area contributed by atoms with Crippen LogP contribution in [0.15, 0.2) is 0 Å². The van der Waals surface area contributed by atoms with Gasteiger partial charge in [-0.1, -0.05) is 19.3 Å². The van der Waals surface area contributed by atoms with Crippen LogP contribution in [0.3, 0.4) is 0 Å². The fraction of sp³-hybridized carbons (Fsp3) is 0.818. The van der Waals surface area contributed by atoms with Gasteiger partial charge in [0.15, 0.2) is 0 Å². The lowest BCUT2D eigenvalue weighted by Gasteiger charge is -2.46. The molecule has 0 amide bonds. The Morgan fingerprint density at radius 3 is 2.55 bits per heavy atom. The highest BCUT2D eigenvalue weighted by molar-refractivity contribution is 5.13. The summed E-state index contributed by atoms with van der Waals surface area (Å²) in [7, 11) is 0. The maximum atomic E-state index is 3.42. The summed E-state index contributed by atoms with van der Waals surface area (Å²) in [6, 6.07) is 0. The van der Waals surface area contributed by atoms with Crippen LogP contribution in [-0.4, -0.2) is 0 Å². The lowest BCUT2D eigenvalue weighted by Crippen LogP contribution is -2.39. The highest BCUT2D eigenvalue weighted by atomic mass is 14.5. The molecule has 3 aliphatic carbocycles. The summed E-state index contributed by atoms with van der Waals surface area (Å²) < 4.78 is 0. The molecular weight excluding hydrogens is 132 g/mol. The minimum Gasteiger partial charge on any atom is -0.103 e. The topological polar surface area (TPSA) is 0 Å². The van der Waals surface area contributed by atoms with E-state index in [4.69, 9.17) is 0 Å². The van der Waals surface area contributed by atoms with Crippen LogP contribution in [0, 0.1) is 29.6 Å². The van der Waals surface area contributed by atoms with Crippen molar-refractivity contribution in [3.63, 3.8) is 0 Å². The summed E-state index contributed by atoms with van der Waals surface area (Å²) in [4.78, 5) is 0. The zero-order valence-corrected chi connectivity index (χ0v) is 7.27. The fourth-order valence-corrected chi connectivity index (χ4v) is 2.56. The molecule has 0 aliphatic heterocycles. The predicted octanol–water partition coefficient (Wildman–Crippen LogP) is 2.84. The summed E-state index contributed by atoms with van der Waals surface area (Å²) in [6.45, 7) is 2.14. The first-order valence-corrected chi connectivity index (χ1v) is 4.90. The second-order valence-corrected chi connectivity index (χ2v) is 3.89. The second kappa shape index (κ2) is 2.89. The molecule has 2 unspecified atom stereocenters. The van der Waals surface area contributed by atoms with Gasteiger partial charge in [-0.2, -0.15) is 0 Å². The molecule has 0 aromatic carbocycles. The summed E-state index contributed by atoms with van der Waals surface area (Å²) in [6.07, 6.45) is 6.91. The first-order valence-electron chi connectivity index (χ1n) is 4.90. The highest BCUT2D eigenvalue weighted by Crippen LogP contribution is 2.50. The summed E-state index contributed by atoms with van der Waals surface area (Å²) in [5.41, 5.74) is 0. The zero-order chi connectivity index (χ0) is 7.68. The van der Waals surface area contributed by atoms with E-state index in [9.17, 15) is 0 Å². The molecule has 0 heterocycles. The van der Waals surface area contributed by atoms with E-state index in [-0.39, 0.29) is 0 Å². The molecule has 0 spiro atoms. The van der Waals surface area contributed by atoms with Crippen molar-refractivity contribution < 1.29 is 0 Å². The maximum absolute atomic E-state index is 3.42. The smallest absolute Gasteiger partial charge is 0.0259 e. The predicted molar refractivity (Wildman–Crippen MR) is 47.0 cm³/mol. The van der Waals surface area contributed by atoms with Crippen molar-refractivity contribution in [2.45, 2.75) is 39.0 Å². The van der Waals surface area contributed by atoms with Crippen LogP contribution >= 0.6 is 0 Å². The van der Waals surface area contributed by atoms with Crippen LogP contribution < -0.4 is 0 Å².